The van der Waals surface area contributed by atoms with Gasteiger partial charge in [0, 0.05) is 10.7 Å². The molecule has 1 amide bonds. The van der Waals surface area contributed by atoms with Crippen molar-refractivity contribution in [2.24, 2.45) is 5.84 Å². The molecule has 4 N–H and O–H groups in total. The molecule has 0 saturated carbocycles. The predicted octanol–water partition coefficient (Wildman–Crippen LogP) is 2.25. The number of aromatic nitrogens is 1. The number of hydrogen-bond acceptors (Lipinski definition) is 5. The van der Waals surface area contributed by atoms with Crippen LogP contribution in [0.1, 0.15) is 15.9 Å². The number of nitrogens with zero attached hydrogens (tertiary/aromatic N) is 2. The molecule has 0 bridgehead atoms. The Morgan fingerprint density at radius 3 is 2.80 bits per heavy atom. The molecule has 0 aliphatic heterocycles. The van der Waals surface area contributed by atoms with E-state index in [-0.39, 0.29) is 5.91 Å². The van der Waals surface area contributed by atoms with Gasteiger partial charge >= 0.3 is 0 Å². The standard InChI is InChI=1S/C13H10BrN5O/c14-10-5-8(6-15)1-2-11(10)18-13(20)9-3-4-17-7-12(9)19-16/h1-5,7,19H,16H2,(H,18,20). The lowest BCUT2D eigenvalue weighted by Gasteiger charge is -2.10. The van der Waals surface area contributed by atoms with Gasteiger partial charge < -0.3 is 10.7 Å². The summed E-state index contributed by atoms with van der Waals surface area (Å²) in [5.74, 6) is 5.01. The van der Waals surface area contributed by atoms with Gasteiger partial charge in [-0.15, -0.1) is 0 Å². The zero-order valence-electron chi connectivity index (χ0n) is 10.2. The van der Waals surface area contributed by atoms with Crippen molar-refractivity contribution in [1.29, 1.82) is 5.26 Å². The highest BCUT2D eigenvalue weighted by atomic mass is 79.9. The summed E-state index contributed by atoms with van der Waals surface area (Å²) in [6.07, 6.45) is 2.96. The lowest BCUT2D eigenvalue weighted by atomic mass is 10.2. The van der Waals surface area contributed by atoms with Gasteiger partial charge in [0.1, 0.15) is 0 Å². The van der Waals surface area contributed by atoms with Crippen LogP contribution in [0.25, 0.3) is 0 Å². The maximum atomic E-state index is 12.2. The summed E-state index contributed by atoms with van der Waals surface area (Å²) in [5, 5.41) is 11.5. The maximum Gasteiger partial charge on any atom is 0.257 e. The molecular weight excluding hydrogens is 322 g/mol. The van der Waals surface area contributed by atoms with Crippen LogP contribution in [0.3, 0.4) is 0 Å². The molecule has 100 valence electrons. The zero-order chi connectivity index (χ0) is 14.5. The third kappa shape index (κ3) is 2.93. The van der Waals surface area contributed by atoms with Crippen LogP contribution in [-0.2, 0) is 0 Å². The minimum atomic E-state index is -0.328. The van der Waals surface area contributed by atoms with E-state index in [1.165, 1.54) is 12.4 Å². The van der Waals surface area contributed by atoms with Gasteiger partial charge in [0.2, 0.25) is 0 Å². The van der Waals surface area contributed by atoms with Crippen molar-refractivity contribution in [3.05, 3.63) is 52.3 Å². The summed E-state index contributed by atoms with van der Waals surface area (Å²) in [4.78, 5) is 16.1. The number of nitriles is 1. The van der Waals surface area contributed by atoms with Gasteiger partial charge in [-0.3, -0.25) is 15.6 Å². The molecule has 0 radical (unpaired) electrons. The van der Waals surface area contributed by atoms with Crippen LogP contribution in [0.2, 0.25) is 0 Å². The quantitative estimate of drug-likeness (QED) is 0.591. The molecule has 1 aromatic heterocycles. The number of hydrazine groups is 1. The molecule has 0 aliphatic rings. The van der Waals surface area contributed by atoms with E-state index in [9.17, 15) is 4.79 Å². The Balaban J connectivity index is 2.26. The SMILES string of the molecule is N#Cc1ccc(NC(=O)c2ccncc2NN)c(Br)c1. The molecule has 20 heavy (non-hydrogen) atoms. The second-order valence-electron chi connectivity index (χ2n) is 3.83. The first-order chi connectivity index (χ1) is 9.65. The number of nitrogen functional groups attached to an aromatic ring is 1. The number of nitrogens with one attached hydrogen (secondary N) is 2. The molecule has 1 aromatic carbocycles. The molecule has 0 atom stereocenters. The number of amides is 1. The van der Waals surface area contributed by atoms with Gasteiger partial charge in [0.25, 0.3) is 5.91 Å². The van der Waals surface area contributed by atoms with Gasteiger partial charge in [0.15, 0.2) is 0 Å². The van der Waals surface area contributed by atoms with Gasteiger partial charge in [-0.2, -0.15) is 5.26 Å². The predicted molar refractivity (Wildman–Crippen MR) is 78.9 cm³/mol. The highest BCUT2D eigenvalue weighted by Crippen LogP contribution is 2.24. The van der Waals surface area contributed by atoms with Crippen LogP contribution in [0.4, 0.5) is 11.4 Å². The van der Waals surface area contributed by atoms with Crippen LogP contribution in [0, 0.1) is 11.3 Å². The molecule has 1 heterocycles. The molecule has 0 aliphatic carbocycles. The van der Waals surface area contributed by atoms with E-state index in [4.69, 9.17) is 11.1 Å². The van der Waals surface area contributed by atoms with Gasteiger partial charge in [-0.25, -0.2) is 0 Å². The second-order valence-corrected chi connectivity index (χ2v) is 4.68. The average Bonchev–Trinajstić information content (AvgIpc) is 2.49. The molecule has 6 nitrogen and oxygen atoms in total. The minimum absolute atomic E-state index is 0.328. The van der Waals surface area contributed by atoms with E-state index in [0.29, 0.717) is 27.0 Å². The molecular formula is C13H10BrN5O. The number of nitrogens with two attached hydrogens (primary N) is 1. The van der Waals surface area contributed by atoms with Crippen molar-refractivity contribution in [3.63, 3.8) is 0 Å². The number of hydrogen-bond donors (Lipinski definition) is 3. The van der Waals surface area contributed by atoms with Crippen LogP contribution >= 0.6 is 15.9 Å². The van der Waals surface area contributed by atoms with E-state index >= 15 is 0 Å². The molecule has 0 spiro atoms. The fraction of sp³-hybridized carbons (Fsp3) is 0. The number of rotatable bonds is 3. The van der Waals surface area contributed by atoms with Crippen LogP contribution in [-0.4, -0.2) is 10.9 Å². The number of halogens is 1. The first-order valence-corrected chi connectivity index (χ1v) is 6.36. The van der Waals surface area contributed by atoms with E-state index in [1.54, 1.807) is 24.3 Å². The summed E-state index contributed by atoms with van der Waals surface area (Å²) >= 11 is 3.31. The number of carbonyl (C=O) groups is 1. The molecule has 2 rings (SSSR count). The Hall–Kier alpha value is -2.43. The van der Waals surface area contributed by atoms with Crippen molar-refractivity contribution in [2.45, 2.75) is 0 Å². The van der Waals surface area contributed by atoms with E-state index in [2.05, 4.69) is 31.7 Å². The number of anilines is 2. The monoisotopic (exact) mass is 331 g/mol. The summed E-state index contributed by atoms with van der Waals surface area (Å²) in [6, 6.07) is 8.48. The highest BCUT2D eigenvalue weighted by molar-refractivity contribution is 9.10. The molecule has 0 fully saturated rings. The Kier molecular flexibility index (Phi) is 4.30. The summed E-state index contributed by atoms with van der Waals surface area (Å²) in [7, 11) is 0. The Morgan fingerprint density at radius 1 is 1.35 bits per heavy atom. The smallest absolute Gasteiger partial charge is 0.257 e. The van der Waals surface area contributed by atoms with Crippen molar-refractivity contribution in [3.8, 4) is 6.07 Å². The fourth-order valence-electron chi connectivity index (χ4n) is 1.58. The fourth-order valence-corrected chi connectivity index (χ4v) is 2.06. The number of pyridine rings is 1. The highest BCUT2D eigenvalue weighted by Gasteiger charge is 2.12. The third-order valence-corrected chi connectivity index (χ3v) is 3.22. The zero-order valence-corrected chi connectivity index (χ0v) is 11.8. The first kappa shape index (κ1) is 14.0. The summed E-state index contributed by atoms with van der Waals surface area (Å²) in [6.45, 7) is 0. The summed E-state index contributed by atoms with van der Waals surface area (Å²) < 4.78 is 0.626. The lowest BCUT2D eigenvalue weighted by molar-refractivity contribution is 0.102. The topological polar surface area (TPSA) is 104 Å². The number of carbonyl (C=O) groups excluding carboxylic acids is 1. The van der Waals surface area contributed by atoms with E-state index < -0.39 is 0 Å². The largest absolute Gasteiger partial charge is 0.322 e. The van der Waals surface area contributed by atoms with Crippen molar-refractivity contribution in [2.75, 3.05) is 10.7 Å². The average molecular weight is 332 g/mol. The van der Waals surface area contributed by atoms with Gasteiger partial charge in [-0.1, -0.05) is 0 Å². The number of benzene rings is 1. The third-order valence-electron chi connectivity index (χ3n) is 2.57. The molecule has 2 aromatic rings. The van der Waals surface area contributed by atoms with Crippen LogP contribution in [0.15, 0.2) is 41.1 Å². The van der Waals surface area contributed by atoms with Gasteiger partial charge in [0.05, 0.1) is 34.8 Å². The van der Waals surface area contributed by atoms with Crippen molar-refractivity contribution >= 4 is 33.2 Å². The molecule has 0 saturated heterocycles. The lowest BCUT2D eigenvalue weighted by Crippen LogP contribution is -2.17. The van der Waals surface area contributed by atoms with Crippen molar-refractivity contribution < 1.29 is 4.79 Å². The molecule has 0 unspecified atom stereocenters. The Morgan fingerprint density at radius 2 is 2.15 bits per heavy atom. The normalized spacial score (nSPS) is 9.65. The van der Waals surface area contributed by atoms with Crippen molar-refractivity contribution in [1.82, 2.24) is 4.98 Å². The second kappa shape index (κ2) is 6.14. The Labute approximate surface area is 123 Å². The Bertz CT molecular complexity index is 695. The maximum absolute atomic E-state index is 12.2. The van der Waals surface area contributed by atoms with Crippen LogP contribution < -0.4 is 16.6 Å². The van der Waals surface area contributed by atoms with E-state index in [1.807, 2.05) is 6.07 Å². The molecule has 7 heteroatoms. The minimum Gasteiger partial charge on any atom is -0.322 e. The van der Waals surface area contributed by atoms with Crippen LogP contribution in [0.5, 0.6) is 0 Å². The summed E-state index contributed by atoms with van der Waals surface area (Å²) in [5.41, 5.74) is 4.28. The van der Waals surface area contributed by atoms with E-state index in [0.717, 1.165) is 0 Å². The van der Waals surface area contributed by atoms with Gasteiger partial charge in [-0.05, 0) is 40.2 Å². The first-order valence-electron chi connectivity index (χ1n) is 5.57.